The maximum absolute atomic E-state index is 3.76. The van der Waals surface area contributed by atoms with Crippen LogP contribution < -0.4 is 5.32 Å². The smallest absolute Gasteiger partial charge is 0.0116 e. The second-order valence-corrected chi connectivity index (χ2v) is 6.45. The molecule has 3 atom stereocenters. The van der Waals surface area contributed by atoms with Gasteiger partial charge in [0.05, 0.1) is 0 Å². The molecule has 1 N–H and O–H groups in total. The summed E-state index contributed by atoms with van der Waals surface area (Å²) in [5, 5.41) is 3.76. The van der Waals surface area contributed by atoms with E-state index in [2.05, 4.69) is 31.0 Å². The second kappa shape index (κ2) is 6.91. The summed E-state index contributed by atoms with van der Waals surface area (Å²) in [6, 6.07) is 3.34. The van der Waals surface area contributed by atoms with Crippen LogP contribution in [0.3, 0.4) is 0 Å². The molecule has 0 aliphatic carbocycles. The van der Waals surface area contributed by atoms with Crippen LogP contribution in [0.25, 0.3) is 0 Å². The van der Waals surface area contributed by atoms with Gasteiger partial charge in [0.1, 0.15) is 0 Å². The van der Waals surface area contributed by atoms with Gasteiger partial charge in [-0.25, -0.2) is 0 Å². The Bertz CT molecular complexity index is 227. The van der Waals surface area contributed by atoms with E-state index < -0.39 is 0 Å². The molecule has 18 heavy (non-hydrogen) atoms. The van der Waals surface area contributed by atoms with Gasteiger partial charge in [-0.15, -0.1) is 0 Å². The number of rotatable bonds is 6. The zero-order valence-corrected chi connectivity index (χ0v) is 12.6. The van der Waals surface area contributed by atoms with Crippen LogP contribution in [0, 0.1) is 0 Å². The lowest BCUT2D eigenvalue weighted by Gasteiger charge is -2.52. The Morgan fingerprint density at radius 1 is 1.11 bits per heavy atom. The number of hydrogen-bond acceptors (Lipinski definition) is 2. The van der Waals surface area contributed by atoms with E-state index in [-0.39, 0.29) is 0 Å². The van der Waals surface area contributed by atoms with Crippen molar-refractivity contribution in [2.45, 2.75) is 96.3 Å². The fourth-order valence-electron chi connectivity index (χ4n) is 4.22. The van der Waals surface area contributed by atoms with E-state index in [9.17, 15) is 0 Å². The van der Waals surface area contributed by atoms with E-state index in [0.717, 1.165) is 24.2 Å². The summed E-state index contributed by atoms with van der Waals surface area (Å²) in [7, 11) is 0. The third kappa shape index (κ3) is 3.27. The number of fused-ring (bicyclic) bond motifs is 2. The number of hydrogen-bond donors (Lipinski definition) is 1. The molecular formula is C16H32N2. The van der Waals surface area contributed by atoms with Crippen LogP contribution in [0.1, 0.15) is 72.1 Å². The highest BCUT2D eigenvalue weighted by Gasteiger charge is 2.39. The molecule has 0 spiro atoms. The molecule has 2 aliphatic rings. The van der Waals surface area contributed by atoms with Crippen molar-refractivity contribution >= 4 is 0 Å². The van der Waals surface area contributed by atoms with Crippen LogP contribution in [0.5, 0.6) is 0 Å². The van der Waals surface area contributed by atoms with E-state index in [1.54, 1.807) is 0 Å². The summed E-state index contributed by atoms with van der Waals surface area (Å²) in [6.07, 6.45) is 11.1. The quantitative estimate of drug-likeness (QED) is 0.777. The van der Waals surface area contributed by atoms with Gasteiger partial charge in [-0.2, -0.15) is 0 Å². The minimum Gasteiger partial charge on any atom is -0.314 e. The van der Waals surface area contributed by atoms with Gasteiger partial charge in [0.2, 0.25) is 0 Å². The van der Waals surface area contributed by atoms with E-state index in [1.165, 1.54) is 57.9 Å². The Hall–Kier alpha value is -0.0800. The first kappa shape index (κ1) is 14.3. The molecule has 2 bridgehead atoms. The largest absolute Gasteiger partial charge is 0.314 e. The van der Waals surface area contributed by atoms with Crippen molar-refractivity contribution in [1.29, 1.82) is 0 Å². The Kier molecular flexibility index (Phi) is 5.50. The molecule has 2 heteroatoms. The van der Waals surface area contributed by atoms with Crippen LogP contribution in [0.2, 0.25) is 0 Å². The SMILES string of the molecule is CCCNC1CC2CCCC(C1)N2C(C)CCC. The number of piperidine rings is 2. The summed E-state index contributed by atoms with van der Waals surface area (Å²) in [6.45, 7) is 8.25. The highest BCUT2D eigenvalue weighted by Crippen LogP contribution is 2.36. The second-order valence-electron chi connectivity index (χ2n) is 6.45. The van der Waals surface area contributed by atoms with Gasteiger partial charge in [0.25, 0.3) is 0 Å². The molecule has 106 valence electrons. The van der Waals surface area contributed by atoms with Gasteiger partial charge >= 0.3 is 0 Å². The van der Waals surface area contributed by atoms with Crippen molar-refractivity contribution in [3.8, 4) is 0 Å². The van der Waals surface area contributed by atoms with E-state index in [0.29, 0.717) is 0 Å². The fourth-order valence-corrected chi connectivity index (χ4v) is 4.22. The van der Waals surface area contributed by atoms with Crippen molar-refractivity contribution in [2.24, 2.45) is 0 Å². The molecule has 2 aliphatic heterocycles. The predicted molar refractivity (Wildman–Crippen MR) is 79.0 cm³/mol. The molecule has 0 radical (unpaired) electrons. The van der Waals surface area contributed by atoms with Crippen LogP contribution in [-0.4, -0.2) is 35.6 Å². The molecule has 0 aromatic carbocycles. The summed E-state index contributed by atoms with van der Waals surface area (Å²) in [4.78, 5) is 2.89. The number of nitrogens with one attached hydrogen (secondary N) is 1. The van der Waals surface area contributed by atoms with Gasteiger partial charge in [-0.05, 0) is 52.0 Å². The fraction of sp³-hybridized carbons (Fsp3) is 1.00. The van der Waals surface area contributed by atoms with Crippen LogP contribution in [0.15, 0.2) is 0 Å². The van der Waals surface area contributed by atoms with Gasteiger partial charge in [0, 0.05) is 24.2 Å². The average Bonchev–Trinajstić information content (AvgIpc) is 2.35. The molecule has 0 aromatic heterocycles. The zero-order valence-electron chi connectivity index (χ0n) is 12.6. The van der Waals surface area contributed by atoms with Crippen molar-refractivity contribution in [3.05, 3.63) is 0 Å². The molecular weight excluding hydrogens is 220 g/mol. The van der Waals surface area contributed by atoms with Gasteiger partial charge in [-0.3, -0.25) is 4.90 Å². The van der Waals surface area contributed by atoms with Crippen LogP contribution in [-0.2, 0) is 0 Å². The van der Waals surface area contributed by atoms with Gasteiger partial charge < -0.3 is 5.32 Å². The standard InChI is InChI=1S/C16H32N2/c1-4-7-13(3)18-15-8-6-9-16(18)12-14(11-15)17-10-5-2/h13-17H,4-12H2,1-3H3. The summed E-state index contributed by atoms with van der Waals surface area (Å²) in [5.41, 5.74) is 0. The third-order valence-corrected chi connectivity index (χ3v) is 4.93. The minimum absolute atomic E-state index is 0.797. The van der Waals surface area contributed by atoms with Gasteiger partial charge in [0.15, 0.2) is 0 Å². The molecule has 2 rings (SSSR count). The van der Waals surface area contributed by atoms with Crippen molar-refractivity contribution < 1.29 is 0 Å². The third-order valence-electron chi connectivity index (χ3n) is 4.93. The van der Waals surface area contributed by atoms with Crippen LogP contribution in [0.4, 0.5) is 0 Å². The van der Waals surface area contributed by atoms with Crippen molar-refractivity contribution in [2.75, 3.05) is 6.54 Å². The van der Waals surface area contributed by atoms with Crippen molar-refractivity contribution in [3.63, 3.8) is 0 Å². The maximum Gasteiger partial charge on any atom is 0.0116 e. The lowest BCUT2D eigenvalue weighted by Crippen LogP contribution is -2.59. The first-order valence-electron chi connectivity index (χ1n) is 8.27. The molecule has 0 aromatic rings. The highest BCUT2D eigenvalue weighted by molar-refractivity contribution is 4.96. The first-order valence-corrected chi connectivity index (χ1v) is 8.27. The molecule has 3 unspecified atom stereocenters. The molecule has 0 saturated carbocycles. The molecule has 2 nitrogen and oxygen atoms in total. The normalized spacial score (nSPS) is 34.5. The highest BCUT2D eigenvalue weighted by atomic mass is 15.2. The Balaban J connectivity index is 1.94. The zero-order chi connectivity index (χ0) is 13.0. The van der Waals surface area contributed by atoms with Crippen molar-refractivity contribution in [1.82, 2.24) is 10.2 Å². The topological polar surface area (TPSA) is 15.3 Å². The monoisotopic (exact) mass is 252 g/mol. The summed E-state index contributed by atoms with van der Waals surface area (Å²) >= 11 is 0. The molecule has 0 amide bonds. The minimum atomic E-state index is 0.797. The summed E-state index contributed by atoms with van der Waals surface area (Å²) in [5.74, 6) is 0. The Labute approximate surface area is 114 Å². The van der Waals surface area contributed by atoms with E-state index in [1.807, 2.05) is 0 Å². The Morgan fingerprint density at radius 2 is 1.78 bits per heavy atom. The lowest BCUT2D eigenvalue weighted by atomic mass is 9.80. The average molecular weight is 252 g/mol. The molecule has 2 heterocycles. The summed E-state index contributed by atoms with van der Waals surface area (Å²) < 4.78 is 0. The van der Waals surface area contributed by atoms with Gasteiger partial charge in [-0.1, -0.05) is 26.7 Å². The molecule has 2 saturated heterocycles. The lowest BCUT2D eigenvalue weighted by molar-refractivity contribution is -0.00784. The maximum atomic E-state index is 3.76. The molecule has 2 fully saturated rings. The Morgan fingerprint density at radius 3 is 2.33 bits per heavy atom. The van der Waals surface area contributed by atoms with E-state index in [4.69, 9.17) is 0 Å². The number of nitrogens with zero attached hydrogens (tertiary/aromatic N) is 1. The van der Waals surface area contributed by atoms with Crippen LogP contribution >= 0.6 is 0 Å². The first-order chi connectivity index (χ1) is 8.76. The predicted octanol–water partition coefficient (Wildman–Crippen LogP) is 3.56. The van der Waals surface area contributed by atoms with E-state index >= 15 is 0 Å².